The van der Waals surface area contributed by atoms with Gasteiger partial charge in [0.25, 0.3) is 0 Å². The van der Waals surface area contributed by atoms with Gasteiger partial charge in [-0.25, -0.2) is 9.13 Å². The van der Waals surface area contributed by atoms with Crippen LogP contribution in [0.25, 0.3) is 0 Å². The third kappa shape index (κ3) is 30.1. The molecule has 0 aromatic carbocycles. The summed E-state index contributed by atoms with van der Waals surface area (Å²) < 4.78 is 55.3. The largest absolute Gasteiger partial charge is 0.472 e. The smallest absolute Gasteiger partial charge is 0.462 e. The van der Waals surface area contributed by atoms with Crippen molar-refractivity contribution in [2.45, 2.75) is 249 Å². The van der Waals surface area contributed by atoms with Crippen LogP contribution in [0.1, 0.15) is 194 Å². The number of hydrogen-bond donors (Lipinski definition) is 7. The Bertz CT molecular complexity index is 1520. The number of phosphoric acid groups is 2. The second-order valence-electron chi connectivity index (χ2n) is 18.3. The van der Waals surface area contributed by atoms with Crippen LogP contribution in [0, 0.1) is 0 Å². The van der Waals surface area contributed by atoms with E-state index in [-0.39, 0.29) is 25.0 Å². The number of hydrogen-bond acceptors (Lipinski definition) is 14. The summed E-state index contributed by atoms with van der Waals surface area (Å²) in [5, 5.41) is 41.3. The Morgan fingerprint density at radius 2 is 1.03 bits per heavy atom. The molecule has 1 aliphatic heterocycles. The van der Waals surface area contributed by atoms with Gasteiger partial charge in [-0.2, -0.15) is 0 Å². The average molecular weight is 1010 g/mol. The molecule has 0 bridgehead atoms. The lowest BCUT2D eigenvalue weighted by Gasteiger charge is -2.43. The highest BCUT2D eigenvalue weighted by Crippen LogP contribution is 2.49. The summed E-state index contributed by atoms with van der Waals surface area (Å²) in [6, 6.07) is 0. The van der Waals surface area contributed by atoms with Crippen LogP contribution in [0.2, 0.25) is 0 Å². The molecule has 2 aliphatic rings. The molecule has 2 fully saturated rings. The van der Waals surface area contributed by atoms with Gasteiger partial charge in [0.1, 0.15) is 43.2 Å². The number of phosphoric ester groups is 2. The van der Waals surface area contributed by atoms with Gasteiger partial charge in [0.05, 0.1) is 18.8 Å². The quantitative estimate of drug-likeness (QED) is 0.00987. The fourth-order valence-electron chi connectivity index (χ4n) is 8.05. The van der Waals surface area contributed by atoms with E-state index in [4.69, 9.17) is 23.3 Å². The lowest BCUT2D eigenvalue weighted by atomic mass is 9.85. The molecule has 1 saturated heterocycles. The van der Waals surface area contributed by atoms with Gasteiger partial charge in [0.15, 0.2) is 6.10 Å². The van der Waals surface area contributed by atoms with Crippen molar-refractivity contribution in [3.63, 3.8) is 0 Å². The Hall–Kier alpha value is -1.82. The molecule has 1 saturated carbocycles. The van der Waals surface area contributed by atoms with Gasteiger partial charge in [0.2, 0.25) is 0 Å². The zero-order valence-corrected chi connectivity index (χ0v) is 42.8. The maximum atomic E-state index is 13.0. The second kappa shape index (κ2) is 37.0. The minimum atomic E-state index is -5.37. The predicted octanol–water partition coefficient (Wildman–Crippen LogP) is 9.28. The van der Waals surface area contributed by atoms with Crippen LogP contribution >= 0.6 is 15.6 Å². The van der Waals surface area contributed by atoms with Gasteiger partial charge in [-0.15, -0.1) is 0 Å². The SMILES string of the molecule is CCCCC/C=C\C/C=C\C/C=C\CC1OC1CCCC(=O)O[C@H](COC(=O)CCCCCCCCCCCCCCCCCCC)COP(=O)(O)O[C@H]1C(O)C(O)C(O)[C@@H](OP(=O)(O)O)C1O. The van der Waals surface area contributed by atoms with E-state index in [1.54, 1.807) is 0 Å². The number of ether oxygens (including phenoxy) is 3. The van der Waals surface area contributed by atoms with E-state index in [1.165, 1.54) is 96.3 Å². The fraction of sp³-hybridized carbons (Fsp3) is 0.837. The topological polar surface area (TPSA) is 269 Å². The van der Waals surface area contributed by atoms with Gasteiger partial charge in [-0.05, 0) is 51.4 Å². The molecule has 1 aliphatic carbocycles. The molecule has 0 radical (unpaired) electrons. The Balaban J connectivity index is 1.79. The first-order valence-corrected chi connectivity index (χ1v) is 28.7. The Labute approximate surface area is 406 Å². The third-order valence-corrected chi connectivity index (χ3v) is 13.6. The Morgan fingerprint density at radius 1 is 0.544 bits per heavy atom. The number of rotatable bonds is 42. The van der Waals surface area contributed by atoms with Crippen molar-refractivity contribution in [3.05, 3.63) is 36.5 Å². The van der Waals surface area contributed by atoms with Crippen molar-refractivity contribution in [3.8, 4) is 0 Å². The molecule has 0 amide bonds. The molecular formula is C49H88O17P2. The van der Waals surface area contributed by atoms with Crippen molar-refractivity contribution in [1.29, 1.82) is 0 Å². The summed E-state index contributed by atoms with van der Waals surface area (Å²) in [6.45, 7) is 3.04. The van der Waals surface area contributed by atoms with E-state index in [0.717, 1.165) is 51.4 Å². The molecule has 17 nitrogen and oxygen atoms in total. The molecule has 396 valence electrons. The van der Waals surface area contributed by atoms with Crippen LogP contribution in [0.5, 0.6) is 0 Å². The Kier molecular flexibility index (Phi) is 33.9. The number of epoxide rings is 1. The zero-order chi connectivity index (χ0) is 50.0. The molecule has 10 atom stereocenters. The minimum Gasteiger partial charge on any atom is -0.462 e. The number of aliphatic hydroxyl groups is 4. The second-order valence-corrected chi connectivity index (χ2v) is 20.9. The van der Waals surface area contributed by atoms with Gasteiger partial charge < -0.3 is 49.3 Å². The third-order valence-electron chi connectivity index (χ3n) is 12.1. The summed E-state index contributed by atoms with van der Waals surface area (Å²) in [5.74, 6) is -1.27. The van der Waals surface area contributed by atoms with E-state index in [2.05, 4.69) is 54.8 Å². The van der Waals surface area contributed by atoms with Crippen molar-refractivity contribution >= 4 is 27.6 Å². The lowest BCUT2D eigenvalue weighted by Crippen LogP contribution is -2.64. The summed E-state index contributed by atoms with van der Waals surface area (Å²) in [7, 11) is -10.7. The summed E-state index contributed by atoms with van der Waals surface area (Å²) in [5.41, 5.74) is 0. The molecule has 0 aromatic heterocycles. The fourth-order valence-corrected chi connectivity index (χ4v) is 9.59. The first kappa shape index (κ1) is 62.3. The summed E-state index contributed by atoms with van der Waals surface area (Å²) in [6.07, 6.45) is 26.8. The van der Waals surface area contributed by atoms with E-state index in [1.807, 2.05) is 0 Å². The highest BCUT2D eigenvalue weighted by atomic mass is 31.2. The van der Waals surface area contributed by atoms with Crippen molar-refractivity contribution in [2.24, 2.45) is 0 Å². The van der Waals surface area contributed by atoms with Crippen molar-refractivity contribution in [1.82, 2.24) is 0 Å². The summed E-state index contributed by atoms with van der Waals surface area (Å²) >= 11 is 0. The molecular weight excluding hydrogens is 922 g/mol. The minimum absolute atomic E-state index is 0.00970. The van der Waals surface area contributed by atoms with Crippen LogP contribution in [0.3, 0.4) is 0 Å². The van der Waals surface area contributed by atoms with Crippen LogP contribution in [0.15, 0.2) is 36.5 Å². The van der Waals surface area contributed by atoms with Gasteiger partial charge >= 0.3 is 27.6 Å². The normalized spacial score (nSPS) is 24.5. The van der Waals surface area contributed by atoms with Crippen LogP contribution in [-0.4, -0.2) is 115 Å². The highest BCUT2D eigenvalue weighted by Gasteiger charge is 2.54. The molecule has 7 unspecified atom stereocenters. The summed E-state index contributed by atoms with van der Waals surface area (Å²) in [4.78, 5) is 54.5. The van der Waals surface area contributed by atoms with Crippen LogP contribution in [0.4, 0.5) is 0 Å². The molecule has 68 heavy (non-hydrogen) atoms. The molecule has 19 heteroatoms. The highest BCUT2D eigenvalue weighted by molar-refractivity contribution is 7.47. The van der Waals surface area contributed by atoms with E-state index < -0.39 is 83.5 Å². The molecule has 2 rings (SSSR count). The maximum absolute atomic E-state index is 13.0. The first-order chi connectivity index (χ1) is 32.6. The van der Waals surface area contributed by atoms with Gasteiger partial charge in [-0.1, -0.05) is 166 Å². The van der Waals surface area contributed by atoms with Crippen molar-refractivity contribution in [2.75, 3.05) is 13.2 Å². The molecule has 7 N–H and O–H groups in total. The number of esters is 2. The van der Waals surface area contributed by atoms with Gasteiger partial charge in [0, 0.05) is 12.8 Å². The number of carbonyl (C=O) groups excluding carboxylic acids is 2. The maximum Gasteiger partial charge on any atom is 0.472 e. The number of carbonyl (C=O) groups is 2. The number of allylic oxidation sites excluding steroid dienone is 5. The molecule has 0 spiro atoms. The standard InChI is InChI=1S/C49H88O17P2/c1-3-5-7-9-11-13-15-17-18-19-20-21-23-25-27-29-31-35-42(50)61-37-39(38-62-68(59,60)66-49-46(54)44(52)45(53)48(47(49)55)65-67(56,57)58)63-43(51)36-32-34-41-40(64-41)33-30-28-26-24-22-16-14-12-10-8-6-4-2/h12,14,22,24,28,30,39-41,44-49,52-55H,3-11,13,15-21,23,25-27,29,31-38H2,1-2H3,(H,59,60)(H2,56,57,58)/b14-12-,24-22-,30-28-/t39-,40?,41?,44?,45?,46?,47?,48-,49+/m1/s1. The number of aliphatic hydroxyl groups excluding tert-OH is 4. The Morgan fingerprint density at radius 3 is 1.59 bits per heavy atom. The van der Waals surface area contributed by atoms with E-state index in [9.17, 15) is 53.8 Å². The first-order valence-electron chi connectivity index (χ1n) is 25.7. The van der Waals surface area contributed by atoms with Gasteiger partial charge in [-0.3, -0.25) is 23.2 Å². The monoisotopic (exact) mass is 1010 g/mol. The van der Waals surface area contributed by atoms with Crippen molar-refractivity contribution < 1.29 is 81.6 Å². The average Bonchev–Trinajstić information content (AvgIpc) is 4.05. The van der Waals surface area contributed by atoms with E-state index >= 15 is 0 Å². The van der Waals surface area contributed by atoms with E-state index in [0.29, 0.717) is 19.3 Å². The predicted molar refractivity (Wildman–Crippen MR) is 259 cm³/mol. The van der Waals surface area contributed by atoms with Crippen LogP contribution in [-0.2, 0) is 46.5 Å². The molecule has 1 heterocycles. The molecule has 0 aromatic rings. The van der Waals surface area contributed by atoms with Crippen LogP contribution < -0.4 is 0 Å². The lowest BCUT2D eigenvalue weighted by molar-refractivity contribution is -0.216. The number of unbranched alkanes of at least 4 members (excludes halogenated alkanes) is 19. The zero-order valence-electron chi connectivity index (χ0n) is 41.0.